The van der Waals surface area contributed by atoms with Crippen LogP contribution in [0.4, 0.5) is 0 Å². The first-order valence-corrected chi connectivity index (χ1v) is 7.49. The van der Waals surface area contributed by atoms with Crippen LogP contribution in [0.2, 0.25) is 0 Å². The topological polar surface area (TPSA) is 162 Å². The molecule has 0 bridgehead atoms. The summed E-state index contributed by atoms with van der Waals surface area (Å²) in [6.45, 7) is 0.328. The Bertz CT molecular complexity index is 754. The number of aliphatic hydroxyl groups is 1. The van der Waals surface area contributed by atoms with Crippen LogP contribution in [0, 0.1) is 6.92 Å². The molecule has 1 aromatic heterocycles. The summed E-state index contributed by atoms with van der Waals surface area (Å²) in [5.41, 5.74) is -0.925. The van der Waals surface area contributed by atoms with E-state index in [1.165, 1.54) is 13.1 Å². The van der Waals surface area contributed by atoms with Gasteiger partial charge in [-0.25, -0.2) is 4.79 Å². The zero-order valence-corrected chi connectivity index (χ0v) is 13.4. The number of hydrogen-bond donors (Lipinski definition) is 4. The van der Waals surface area contributed by atoms with Crippen molar-refractivity contribution >= 4 is 11.9 Å². The van der Waals surface area contributed by atoms with Gasteiger partial charge >= 0.3 is 17.6 Å². The number of nitrogens with zero attached hydrogens (tertiary/aromatic N) is 2. The quantitative estimate of drug-likeness (QED) is 0.431. The minimum absolute atomic E-state index is 0.0457. The number of aromatic nitrogens is 2. The van der Waals surface area contributed by atoms with Crippen LogP contribution < -0.4 is 11.2 Å². The minimum Gasteiger partial charge on any atom is -0.480 e. The van der Waals surface area contributed by atoms with Crippen molar-refractivity contribution in [2.24, 2.45) is 0 Å². The van der Waals surface area contributed by atoms with Gasteiger partial charge in [0.25, 0.3) is 5.56 Å². The fourth-order valence-electron chi connectivity index (χ4n) is 2.67. The lowest BCUT2D eigenvalue weighted by atomic mass is 10.1. The first-order valence-electron chi connectivity index (χ1n) is 7.49. The second-order valence-corrected chi connectivity index (χ2v) is 5.87. The maximum atomic E-state index is 11.9. The van der Waals surface area contributed by atoms with Crippen LogP contribution in [0.5, 0.6) is 0 Å². The number of carboxylic acid groups (broad SMARTS) is 2. The molecule has 25 heavy (non-hydrogen) atoms. The molecule has 138 valence electrons. The van der Waals surface area contributed by atoms with Gasteiger partial charge in [-0.2, -0.15) is 0 Å². The summed E-state index contributed by atoms with van der Waals surface area (Å²) >= 11 is 0. The normalized spacial score (nSPS) is 23.1. The number of aliphatic carboxylic acids is 2. The second-order valence-electron chi connectivity index (χ2n) is 5.87. The van der Waals surface area contributed by atoms with Gasteiger partial charge in [0.05, 0.1) is 25.3 Å². The van der Waals surface area contributed by atoms with E-state index in [0.717, 1.165) is 9.47 Å². The maximum Gasteiger partial charge on any atom is 0.330 e. The molecule has 1 fully saturated rings. The predicted octanol–water partition coefficient (Wildman–Crippen LogP) is -2.04. The number of ether oxygens (including phenoxy) is 1. The molecule has 1 aliphatic heterocycles. The summed E-state index contributed by atoms with van der Waals surface area (Å²) in [4.78, 5) is 48.2. The molecule has 11 heteroatoms. The van der Waals surface area contributed by atoms with Gasteiger partial charge in [-0.05, 0) is 6.92 Å². The molecule has 0 spiro atoms. The van der Waals surface area contributed by atoms with Crippen molar-refractivity contribution in [3.63, 3.8) is 0 Å². The molecular weight excluding hydrogens is 338 g/mol. The average Bonchev–Trinajstić information content (AvgIpc) is 2.82. The number of carbonyl (C=O) groups is 2. The van der Waals surface area contributed by atoms with E-state index in [4.69, 9.17) is 14.9 Å². The van der Waals surface area contributed by atoms with E-state index in [2.05, 4.69) is 4.98 Å². The van der Waals surface area contributed by atoms with Crippen LogP contribution in [0.3, 0.4) is 0 Å². The van der Waals surface area contributed by atoms with Crippen LogP contribution in [-0.4, -0.2) is 73.6 Å². The maximum absolute atomic E-state index is 11.9. The number of aromatic amines is 1. The lowest BCUT2D eigenvalue weighted by Crippen LogP contribution is -2.42. The van der Waals surface area contributed by atoms with E-state index in [0.29, 0.717) is 5.56 Å². The molecule has 0 unspecified atom stereocenters. The smallest absolute Gasteiger partial charge is 0.330 e. The van der Waals surface area contributed by atoms with Crippen molar-refractivity contribution in [2.45, 2.75) is 31.8 Å². The lowest BCUT2D eigenvalue weighted by molar-refractivity contribution is -0.143. The zero-order chi connectivity index (χ0) is 18.7. The Labute approximate surface area is 141 Å². The van der Waals surface area contributed by atoms with Gasteiger partial charge in [-0.3, -0.25) is 28.8 Å². The Morgan fingerprint density at radius 1 is 1.32 bits per heavy atom. The molecule has 0 saturated carbocycles. The summed E-state index contributed by atoms with van der Waals surface area (Å²) in [5, 5.41) is 27.8. The van der Waals surface area contributed by atoms with Crippen molar-refractivity contribution in [1.82, 2.24) is 14.5 Å². The third-order valence-corrected chi connectivity index (χ3v) is 3.82. The highest BCUT2D eigenvalue weighted by Gasteiger charge is 2.37. The molecule has 1 aliphatic rings. The van der Waals surface area contributed by atoms with E-state index in [9.17, 15) is 24.3 Å². The third-order valence-electron chi connectivity index (χ3n) is 3.82. The molecule has 2 rings (SSSR count). The van der Waals surface area contributed by atoms with Crippen LogP contribution in [0.25, 0.3) is 0 Å². The molecule has 1 saturated heterocycles. The number of rotatable bonds is 7. The minimum atomic E-state index is -1.21. The van der Waals surface area contributed by atoms with Gasteiger partial charge in [0, 0.05) is 24.7 Å². The van der Waals surface area contributed by atoms with Crippen molar-refractivity contribution < 1.29 is 29.6 Å². The van der Waals surface area contributed by atoms with Gasteiger partial charge in [0.2, 0.25) is 0 Å². The van der Waals surface area contributed by atoms with Gasteiger partial charge in [0.1, 0.15) is 6.23 Å². The molecule has 0 aliphatic carbocycles. The average molecular weight is 357 g/mol. The van der Waals surface area contributed by atoms with Crippen molar-refractivity contribution in [2.75, 3.05) is 19.6 Å². The molecule has 0 radical (unpaired) electrons. The molecule has 0 amide bonds. The van der Waals surface area contributed by atoms with Gasteiger partial charge < -0.3 is 20.1 Å². The monoisotopic (exact) mass is 357 g/mol. The molecule has 3 atom stereocenters. The molecule has 1 aromatic rings. The summed E-state index contributed by atoms with van der Waals surface area (Å²) < 4.78 is 6.73. The first-order chi connectivity index (χ1) is 11.7. The molecule has 2 heterocycles. The Morgan fingerprint density at radius 2 is 1.92 bits per heavy atom. The summed E-state index contributed by atoms with van der Waals surface area (Å²) in [6.07, 6.45) is -1.38. The molecule has 4 N–H and O–H groups in total. The highest BCUT2D eigenvalue weighted by Crippen LogP contribution is 2.28. The Hall–Kier alpha value is -2.50. The number of H-pyrrole nitrogens is 1. The SMILES string of the molecule is Cc1cn([C@H]2C[C@H](O)[C@@H](CN(CC(=O)O)CC(=O)O)O2)c(=O)[nH]c1=O. The summed E-state index contributed by atoms with van der Waals surface area (Å²) in [5.74, 6) is -2.42. The highest BCUT2D eigenvalue weighted by atomic mass is 16.5. The highest BCUT2D eigenvalue weighted by molar-refractivity contribution is 5.72. The number of hydrogen-bond acceptors (Lipinski definition) is 7. The molecule has 11 nitrogen and oxygen atoms in total. The first kappa shape index (κ1) is 18.8. The third kappa shape index (κ3) is 4.75. The van der Waals surface area contributed by atoms with E-state index in [-0.39, 0.29) is 13.0 Å². The van der Waals surface area contributed by atoms with Crippen LogP contribution >= 0.6 is 0 Å². The Morgan fingerprint density at radius 3 is 2.48 bits per heavy atom. The van der Waals surface area contributed by atoms with E-state index < -0.39 is 54.7 Å². The lowest BCUT2D eigenvalue weighted by Gasteiger charge is -2.23. The van der Waals surface area contributed by atoms with Gasteiger partial charge in [-0.15, -0.1) is 0 Å². The number of carboxylic acids is 2. The molecular formula is C14H19N3O8. The standard InChI is InChI=1S/C14H19N3O8/c1-7-3-17(14(24)15-13(7)23)10-2-8(18)9(25-10)4-16(5-11(19)20)6-12(21)22/h3,8-10,18H,2,4-6H2,1H3,(H,19,20)(H,21,22)(H,15,23,24)/t8-,9+,10+/m0/s1. The van der Waals surface area contributed by atoms with E-state index in [1.807, 2.05) is 0 Å². The van der Waals surface area contributed by atoms with E-state index in [1.54, 1.807) is 0 Å². The molecule has 0 aromatic carbocycles. The van der Waals surface area contributed by atoms with Crippen LogP contribution in [0.1, 0.15) is 18.2 Å². The number of aliphatic hydroxyl groups excluding tert-OH is 1. The fourth-order valence-corrected chi connectivity index (χ4v) is 2.67. The Balaban J connectivity index is 2.13. The Kier molecular flexibility index (Phi) is 5.72. The summed E-state index contributed by atoms with van der Waals surface area (Å²) in [7, 11) is 0. The van der Waals surface area contributed by atoms with Crippen molar-refractivity contribution in [3.8, 4) is 0 Å². The second kappa shape index (κ2) is 7.59. The van der Waals surface area contributed by atoms with Crippen LogP contribution in [0.15, 0.2) is 15.8 Å². The largest absolute Gasteiger partial charge is 0.480 e. The van der Waals surface area contributed by atoms with Crippen molar-refractivity contribution in [1.29, 1.82) is 0 Å². The van der Waals surface area contributed by atoms with Crippen LogP contribution in [-0.2, 0) is 14.3 Å². The van der Waals surface area contributed by atoms with Gasteiger partial charge in [-0.1, -0.05) is 0 Å². The van der Waals surface area contributed by atoms with Crippen molar-refractivity contribution in [3.05, 3.63) is 32.6 Å². The van der Waals surface area contributed by atoms with E-state index >= 15 is 0 Å². The fraction of sp³-hybridized carbons (Fsp3) is 0.571. The van der Waals surface area contributed by atoms with Gasteiger partial charge in [0.15, 0.2) is 0 Å². The summed E-state index contributed by atoms with van der Waals surface area (Å²) in [6, 6.07) is 0. The number of aryl methyl sites for hydroxylation is 1. The predicted molar refractivity (Wildman–Crippen MR) is 82.3 cm³/mol. The zero-order valence-electron chi connectivity index (χ0n) is 13.4. The number of nitrogens with one attached hydrogen (secondary N) is 1.